The average Bonchev–Trinajstić information content (AvgIpc) is 1.80. The summed E-state index contributed by atoms with van der Waals surface area (Å²) < 4.78 is 7.03. The molecule has 0 heterocycles. The molecule has 0 saturated heterocycles. The second-order valence-electron chi connectivity index (χ2n) is 1.39. The lowest BCUT2D eigenvalue weighted by Gasteiger charge is -1.87. The van der Waals surface area contributed by atoms with E-state index in [1.165, 1.54) is 18.2 Å². The first-order valence-electron chi connectivity index (χ1n) is 2.65. The van der Waals surface area contributed by atoms with Crippen LogP contribution in [0, 0.1) is 0 Å². The van der Waals surface area contributed by atoms with Gasteiger partial charge in [0.1, 0.15) is 5.75 Å². The van der Waals surface area contributed by atoms with Crippen molar-refractivity contribution in [3.8, 4) is 5.75 Å². The number of hydrogen-bond acceptors (Lipinski definition) is 1. The fourth-order valence-corrected chi connectivity index (χ4v) is 0.515. The van der Waals surface area contributed by atoms with Gasteiger partial charge in [-0.3, -0.25) is 0 Å². The van der Waals surface area contributed by atoms with Crippen LogP contribution < -0.4 is 0 Å². The molecule has 0 amide bonds. The summed E-state index contributed by atoms with van der Waals surface area (Å²) >= 11 is 5.49. The van der Waals surface area contributed by atoms with Crippen molar-refractivity contribution >= 4 is 11.6 Å². The van der Waals surface area contributed by atoms with Crippen LogP contribution in [0.15, 0.2) is 24.2 Å². The van der Waals surface area contributed by atoms with Crippen LogP contribution in [0.1, 0.15) is 1.37 Å². The first kappa shape index (κ1) is 4.21. The molecule has 0 radical (unpaired) electrons. The van der Waals surface area contributed by atoms with E-state index in [1.54, 1.807) is 0 Å². The van der Waals surface area contributed by atoms with Crippen LogP contribution >= 0.6 is 11.6 Å². The van der Waals surface area contributed by atoms with Gasteiger partial charge in [0.05, 0.1) is 1.37 Å². The van der Waals surface area contributed by atoms with E-state index in [4.69, 9.17) is 18.1 Å². The van der Waals surface area contributed by atoms with Gasteiger partial charge in [-0.2, -0.15) is 0 Å². The van der Waals surface area contributed by atoms with Crippen molar-refractivity contribution in [1.29, 1.82) is 0 Å². The number of halogens is 1. The SMILES string of the molecule is [2H]c1cc(Cl)ccc1O. The average molecular weight is 130 g/mol. The normalized spacial score (nSPS) is 10.9. The molecule has 1 N–H and O–H groups in total. The first-order chi connectivity index (χ1) is 4.20. The van der Waals surface area contributed by atoms with Crippen molar-refractivity contribution in [3.63, 3.8) is 0 Å². The molecule has 2 heteroatoms. The Morgan fingerprint density at radius 3 is 2.75 bits per heavy atom. The maximum atomic E-state index is 8.80. The van der Waals surface area contributed by atoms with E-state index in [9.17, 15) is 0 Å². The third-order valence-electron chi connectivity index (χ3n) is 0.758. The van der Waals surface area contributed by atoms with Crippen LogP contribution in [-0.2, 0) is 0 Å². The summed E-state index contributed by atoms with van der Waals surface area (Å²) in [5, 5.41) is 9.27. The minimum atomic E-state index is -0.0422. The molecule has 1 rings (SSSR count). The van der Waals surface area contributed by atoms with Crippen LogP contribution in [0.4, 0.5) is 0 Å². The van der Waals surface area contributed by atoms with Crippen molar-refractivity contribution in [2.75, 3.05) is 0 Å². The summed E-state index contributed by atoms with van der Waals surface area (Å²) in [5.74, 6) is -0.0422. The highest BCUT2D eigenvalue weighted by atomic mass is 35.5. The predicted molar refractivity (Wildman–Crippen MR) is 33.1 cm³/mol. The molecule has 0 aromatic heterocycles. The first-order valence-corrected chi connectivity index (χ1v) is 2.53. The molecule has 0 saturated carbocycles. The molecule has 0 unspecified atom stereocenters. The molecule has 0 bridgehead atoms. The largest absolute Gasteiger partial charge is 0.508 e. The predicted octanol–water partition coefficient (Wildman–Crippen LogP) is 2.05. The second-order valence-corrected chi connectivity index (χ2v) is 1.83. The van der Waals surface area contributed by atoms with E-state index in [0.717, 1.165) is 0 Å². The molecule has 42 valence electrons. The van der Waals surface area contributed by atoms with Crippen LogP contribution in [0.3, 0.4) is 0 Å². The number of phenols is 1. The molecule has 0 aliphatic heterocycles. The molecular formula is C6H5ClO. The van der Waals surface area contributed by atoms with Crippen LogP contribution in [0.25, 0.3) is 0 Å². The lowest BCUT2D eigenvalue weighted by Crippen LogP contribution is -1.61. The Balaban J connectivity index is 3.17. The number of hydrogen-bond donors (Lipinski definition) is 1. The van der Waals surface area contributed by atoms with Gasteiger partial charge in [0.25, 0.3) is 0 Å². The van der Waals surface area contributed by atoms with Gasteiger partial charge in [0.2, 0.25) is 0 Å². The van der Waals surface area contributed by atoms with Crippen molar-refractivity contribution in [3.05, 3.63) is 29.3 Å². The Morgan fingerprint density at radius 2 is 2.25 bits per heavy atom. The number of benzene rings is 1. The maximum absolute atomic E-state index is 8.80. The Labute approximate surface area is 53.9 Å². The lowest BCUT2D eigenvalue weighted by molar-refractivity contribution is 0.475. The van der Waals surface area contributed by atoms with Crippen LogP contribution in [0.2, 0.25) is 5.02 Å². The van der Waals surface area contributed by atoms with Crippen molar-refractivity contribution in [1.82, 2.24) is 0 Å². The maximum Gasteiger partial charge on any atom is 0.115 e. The van der Waals surface area contributed by atoms with Gasteiger partial charge >= 0.3 is 0 Å². The molecule has 0 aliphatic carbocycles. The highest BCUT2D eigenvalue weighted by Gasteiger charge is 1.84. The standard InChI is InChI=1S/C6H5ClO/c7-5-1-3-6(8)4-2-5/h1-4,8H/i3D. The Morgan fingerprint density at radius 1 is 1.50 bits per heavy atom. The quantitative estimate of drug-likeness (QED) is 0.569. The number of rotatable bonds is 0. The molecule has 0 aliphatic rings. The third kappa shape index (κ3) is 1.14. The van der Waals surface area contributed by atoms with Gasteiger partial charge in [0, 0.05) is 5.02 Å². The summed E-state index contributed by atoms with van der Waals surface area (Å²) in [6, 6.07) is 4.37. The molecular weight excluding hydrogens is 124 g/mol. The van der Waals surface area contributed by atoms with Crippen molar-refractivity contribution in [2.24, 2.45) is 0 Å². The molecule has 1 aromatic rings. The highest BCUT2D eigenvalue weighted by Crippen LogP contribution is 2.12. The van der Waals surface area contributed by atoms with E-state index in [0.29, 0.717) is 5.02 Å². The second kappa shape index (κ2) is 2.05. The van der Waals surface area contributed by atoms with E-state index >= 15 is 0 Å². The van der Waals surface area contributed by atoms with E-state index < -0.39 is 0 Å². The van der Waals surface area contributed by atoms with Gasteiger partial charge < -0.3 is 5.11 Å². The summed E-state index contributed by atoms with van der Waals surface area (Å²) in [4.78, 5) is 0. The Hall–Kier alpha value is -0.690. The Bertz CT molecular complexity index is 224. The molecule has 0 fully saturated rings. The van der Waals surface area contributed by atoms with Crippen molar-refractivity contribution in [2.45, 2.75) is 0 Å². The minimum absolute atomic E-state index is 0.0422. The zero-order valence-corrected chi connectivity index (χ0v) is 4.81. The third-order valence-corrected chi connectivity index (χ3v) is 0.993. The van der Waals surface area contributed by atoms with E-state index in [2.05, 4.69) is 0 Å². The monoisotopic (exact) mass is 129 g/mol. The minimum Gasteiger partial charge on any atom is -0.508 e. The Kier molecular flexibility index (Phi) is 1.08. The van der Waals surface area contributed by atoms with E-state index in [1.807, 2.05) is 0 Å². The molecule has 0 atom stereocenters. The smallest absolute Gasteiger partial charge is 0.115 e. The van der Waals surface area contributed by atoms with Crippen molar-refractivity contribution < 1.29 is 6.48 Å². The molecule has 8 heavy (non-hydrogen) atoms. The van der Waals surface area contributed by atoms with Gasteiger partial charge in [-0.1, -0.05) is 11.6 Å². The summed E-state index contributed by atoms with van der Waals surface area (Å²) in [6.45, 7) is 0. The fourth-order valence-electron chi connectivity index (χ4n) is 0.398. The van der Waals surface area contributed by atoms with Gasteiger partial charge in [-0.25, -0.2) is 0 Å². The van der Waals surface area contributed by atoms with Crippen LogP contribution in [0.5, 0.6) is 5.75 Å². The zero-order chi connectivity index (χ0) is 6.85. The number of aromatic hydroxyl groups is 1. The summed E-state index contributed by atoms with van der Waals surface area (Å²) in [5.41, 5.74) is 0. The van der Waals surface area contributed by atoms with Gasteiger partial charge in [-0.15, -0.1) is 0 Å². The molecule has 1 nitrogen and oxygen atoms in total. The lowest BCUT2D eigenvalue weighted by atomic mass is 10.3. The topological polar surface area (TPSA) is 20.2 Å². The fraction of sp³-hybridized carbons (Fsp3) is 0. The molecule has 0 spiro atoms. The number of phenolic OH excluding ortho intramolecular Hbond substituents is 1. The van der Waals surface area contributed by atoms with Gasteiger partial charge in [-0.05, 0) is 24.2 Å². The summed E-state index contributed by atoms with van der Waals surface area (Å²) in [7, 11) is 0. The molecule has 1 aromatic carbocycles. The highest BCUT2D eigenvalue weighted by molar-refractivity contribution is 6.30. The van der Waals surface area contributed by atoms with E-state index in [-0.39, 0.29) is 11.8 Å². The van der Waals surface area contributed by atoms with Crippen LogP contribution in [-0.4, -0.2) is 5.11 Å². The zero-order valence-electron chi connectivity index (χ0n) is 5.06. The summed E-state index contributed by atoms with van der Waals surface area (Å²) in [6.07, 6.45) is 0. The van der Waals surface area contributed by atoms with Gasteiger partial charge in [0.15, 0.2) is 0 Å².